The molecule has 0 spiro atoms. The number of imidazole rings is 1. The highest BCUT2D eigenvalue weighted by Gasteiger charge is 2.21. The Morgan fingerprint density at radius 2 is 1.81 bits per heavy atom. The molecule has 6 heteroatoms. The smallest absolute Gasteiger partial charge is 0.292 e. The van der Waals surface area contributed by atoms with Crippen LogP contribution < -0.4 is 10.6 Å². The molecule has 0 saturated carbocycles. The summed E-state index contributed by atoms with van der Waals surface area (Å²) in [6.07, 6.45) is 2.56. The van der Waals surface area contributed by atoms with E-state index < -0.39 is 0 Å². The minimum absolute atomic E-state index is 0.182. The van der Waals surface area contributed by atoms with Gasteiger partial charge in [0.05, 0.1) is 5.52 Å². The number of hydrogen-bond acceptors (Lipinski definition) is 3. The van der Waals surface area contributed by atoms with Gasteiger partial charge in [-0.2, -0.15) is 0 Å². The SMILES string of the molecule is CCCNC(=O)c1nc(C(=O)Nc2cc(C)cc(C)c2)n2ccccc12. The molecule has 0 aliphatic heterocycles. The van der Waals surface area contributed by atoms with Gasteiger partial charge in [-0.1, -0.05) is 19.1 Å². The van der Waals surface area contributed by atoms with Gasteiger partial charge in [-0.05, 0) is 55.7 Å². The molecule has 0 radical (unpaired) electrons. The van der Waals surface area contributed by atoms with Gasteiger partial charge in [0.2, 0.25) is 5.82 Å². The van der Waals surface area contributed by atoms with Gasteiger partial charge in [0.15, 0.2) is 5.69 Å². The van der Waals surface area contributed by atoms with Crippen LogP contribution in [0.5, 0.6) is 0 Å². The molecule has 2 heterocycles. The lowest BCUT2D eigenvalue weighted by atomic mass is 10.1. The molecule has 26 heavy (non-hydrogen) atoms. The summed E-state index contributed by atoms with van der Waals surface area (Å²) in [5.41, 5.74) is 3.69. The van der Waals surface area contributed by atoms with Gasteiger partial charge < -0.3 is 10.6 Å². The quantitative estimate of drug-likeness (QED) is 0.741. The number of hydrogen-bond donors (Lipinski definition) is 2. The maximum atomic E-state index is 12.8. The third kappa shape index (κ3) is 3.59. The molecule has 0 atom stereocenters. The van der Waals surface area contributed by atoms with Crippen LogP contribution in [0.25, 0.3) is 5.52 Å². The maximum absolute atomic E-state index is 12.8. The van der Waals surface area contributed by atoms with Crippen LogP contribution in [0.4, 0.5) is 5.69 Å². The number of aryl methyl sites for hydroxylation is 2. The number of aromatic nitrogens is 2. The second kappa shape index (κ2) is 7.39. The topological polar surface area (TPSA) is 75.5 Å². The van der Waals surface area contributed by atoms with Crippen molar-refractivity contribution in [3.05, 3.63) is 65.2 Å². The fraction of sp³-hybridized carbons (Fsp3) is 0.250. The standard InChI is InChI=1S/C20H22N4O2/c1-4-8-21-19(25)17-16-7-5-6-9-24(16)18(23-17)20(26)22-15-11-13(2)10-14(3)12-15/h5-7,9-12H,4,8H2,1-3H3,(H,21,25)(H,22,26). The van der Waals surface area contributed by atoms with Crippen LogP contribution in [0.3, 0.4) is 0 Å². The van der Waals surface area contributed by atoms with Crippen molar-refractivity contribution in [3.63, 3.8) is 0 Å². The Labute approximate surface area is 152 Å². The van der Waals surface area contributed by atoms with Crippen LogP contribution in [0.2, 0.25) is 0 Å². The lowest BCUT2D eigenvalue weighted by Gasteiger charge is -2.07. The summed E-state index contributed by atoms with van der Waals surface area (Å²) in [5.74, 6) is -0.451. The van der Waals surface area contributed by atoms with Crippen molar-refractivity contribution >= 4 is 23.0 Å². The van der Waals surface area contributed by atoms with Crippen molar-refractivity contribution in [1.29, 1.82) is 0 Å². The summed E-state index contributed by atoms with van der Waals surface area (Å²) < 4.78 is 1.64. The highest BCUT2D eigenvalue weighted by Crippen LogP contribution is 2.17. The first-order chi connectivity index (χ1) is 12.5. The summed E-state index contributed by atoms with van der Waals surface area (Å²) in [6, 6.07) is 11.2. The number of pyridine rings is 1. The van der Waals surface area contributed by atoms with Crippen molar-refractivity contribution in [2.75, 3.05) is 11.9 Å². The molecule has 0 aliphatic carbocycles. The average Bonchev–Trinajstić information content (AvgIpc) is 2.98. The third-order valence-corrected chi connectivity index (χ3v) is 3.98. The molecule has 6 nitrogen and oxygen atoms in total. The number of rotatable bonds is 5. The molecule has 0 aliphatic rings. The van der Waals surface area contributed by atoms with Gasteiger partial charge >= 0.3 is 0 Å². The second-order valence-corrected chi connectivity index (χ2v) is 6.33. The molecule has 2 aromatic heterocycles. The largest absolute Gasteiger partial charge is 0.351 e. The molecule has 1 aromatic carbocycles. The van der Waals surface area contributed by atoms with Crippen molar-refractivity contribution in [3.8, 4) is 0 Å². The van der Waals surface area contributed by atoms with E-state index in [2.05, 4.69) is 15.6 Å². The van der Waals surface area contributed by atoms with Crippen LogP contribution in [-0.2, 0) is 0 Å². The molecule has 2 amide bonds. The van der Waals surface area contributed by atoms with Gasteiger partial charge in [-0.25, -0.2) is 4.98 Å². The van der Waals surface area contributed by atoms with Crippen molar-refractivity contribution in [1.82, 2.24) is 14.7 Å². The maximum Gasteiger partial charge on any atom is 0.292 e. The molecular weight excluding hydrogens is 328 g/mol. The van der Waals surface area contributed by atoms with E-state index in [0.29, 0.717) is 17.7 Å². The van der Waals surface area contributed by atoms with E-state index in [4.69, 9.17) is 0 Å². The minimum Gasteiger partial charge on any atom is -0.351 e. The molecule has 0 unspecified atom stereocenters. The molecule has 0 fully saturated rings. The summed E-state index contributed by atoms with van der Waals surface area (Å²) in [7, 11) is 0. The Kier molecular flexibility index (Phi) is 5.02. The Morgan fingerprint density at radius 1 is 1.08 bits per heavy atom. The van der Waals surface area contributed by atoms with E-state index in [1.165, 1.54) is 0 Å². The number of amides is 2. The molecule has 3 rings (SSSR count). The fourth-order valence-electron chi connectivity index (χ4n) is 2.92. The summed E-state index contributed by atoms with van der Waals surface area (Å²) >= 11 is 0. The van der Waals surface area contributed by atoms with E-state index in [-0.39, 0.29) is 23.3 Å². The van der Waals surface area contributed by atoms with Crippen LogP contribution >= 0.6 is 0 Å². The highest BCUT2D eigenvalue weighted by atomic mass is 16.2. The predicted octanol–water partition coefficient (Wildman–Crippen LogP) is 3.34. The summed E-state index contributed by atoms with van der Waals surface area (Å²) in [6.45, 7) is 6.50. The molecule has 134 valence electrons. The lowest BCUT2D eigenvalue weighted by molar-refractivity contribution is 0.0951. The second-order valence-electron chi connectivity index (χ2n) is 6.33. The van der Waals surface area contributed by atoms with Crippen LogP contribution in [-0.4, -0.2) is 27.7 Å². The number of fused-ring (bicyclic) bond motifs is 1. The zero-order valence-electron chi connectivity index (χ0n) is 15.2. The van der Waals surface area contributed by atoms with Crippen molar-refractivity contribution < 1.29 is 9.59 Å². The molecule has 3 aromatic rings. The van der Waals surface area contributed by atoms with Gasteiger partial charge in [0.1, 0.15) is 0 Å². The predicted molar refractivity (Wildman–Crippen MR) is 102 cm³/mol. The van der Waals surface area contributed by atoms with Crippen molar-refractivity contribution in [2.24, 2.45) is 0 Å². The van der Waals surface area contributed by atoms with Gasteiger partial charge in [-0.3, -0.25) is 14.0 Å². The summed E-state index contributed by atoms with van der Waals surface area (Å²) in [5, 5.41) is 5.68. The number of benzene rings is 1. The number of carbonyl (C=O) groups is 2. The number of nitrogens with one attached hydrogen (secondary N) is 2. The zero-order chi connectivity index (χ0) is 18.7. The normalized spacial score (nSPS) is 10.7. The Hall–Kier alpha value is -3.15. The van der Waals surface area contributed by atoms with Crippen LogP contribution in [0, 0.1) is 13.8 Å². The Balaban J connectivity index is 1.96. The molecule has 0 saturated heterocycles. The number of anilines is 1. The van der Waals surface area contributed by atoms with Crippen LogP contribution in [0.1, 0.15) is 45.6 Å². The first kappa shape index (κ1) is 17.7. The number of carbonyl (C=O) groups excluding carboxylic acids is 2. The first-order valence-corrected chi connectivity index (χ1v) is 8.64. The Bertz CT molecular complexity index is 955. The average molecular weight is 350 g/mol. The van der Waals surface area contributed by atoms with E-state index in [1.54, 1.807) is 22.7 Å². The minimum atomic E-state index is -0.356. The van der Waals surface area contributed by atoms with Crippen molar-refractivity contribution in [2.45, 2.75) is 27.2 Å². The fourth-order valence-corrected chi connectivity index (χ4v) is 2.92. The monoisotopic (exact) mass is 350 g/mol. The number of nitrogens with zero attached hydrogens (tertiary/aromatic N) is 2. The molecule has 0 bridgehead atoms. The van der Waals surface area contributed by atoms with E-state index >= 15 is 0 Å². The van der Waals surface area contributed by atoms with Gasteiger partial charge in [0.25, 0.3) is 11.8 Å². The first-order valence-electron chi connectivity index (χ1n) is 8.64. The zero-order valence-corrected chi connectivity index (χ0v) is 15.2. The third-order valence-electron chi connectivity index (χ3n) is 3.98. The molecule has 2 N–H and O–H groups in total. The van der Waals surface area contributed by atoms with E-state index in [9.17, 15) is 9.59 Å². The molecular formula is C20H22N4O2. The van der Waals surface area contributed by atoms with E-state index in [1.807, 2.05) is 45.0 Å². The van der Waals surface area contributed by atoms with E-state index in [0.717, 1.165) is 17.5 Å². The summed E-state index contributed by atoms with van der Waals surface area (Å²) in [4.78, 5) is 29.5. The lowest BCUT2D eigenvalue weighted by Crippen LogP contribution is -2.24. The van der Waals surface area contributed by atoms with Crippen LogP contribution in [0.15, 0.2) is 42.6 Å². The highest BCUT2D eigenvalue weighted by molar-refractivity contribution is 6.06. The van der Waals surface area contributed by atoms with Gasteiger partial charge in [-0.15, -0.1) is 0 Å². The van der Waals surface area contributed by atoms with Gasteiger partial charge in [0, 0.05) is 18.4 Å². The Morgan fingerprint density at radius 3 is 2.50 bits per heavy atom.